The standard InChI is InChI=1S/C22H43F/c1-7-8-21(20-13-10-17(4)11-14-20)22(23)15-19(6)18(5)12-9-16(2)3/h16-22H,7-15H2,1-6H3. The molecular weight excluding hydrogens is 283 g/mol. The molecule has 0 aromatic rings. The van der Waals surface area contributed by atoms with Gasteiger partial charge >= 0.3 is 0 Å². The summed E-state index contributed by atoms with van der Waals surface area (Å²) in [6, 6.07) is 0. The Bertz CT molecular complexity index is 290. The Balaban J connectivity index is 2.51. The van der Waals surface area contributed by atoms with E-state index in [-0.39, 0.29) is 0 Å². The minimum atomic E-state index is -0.579. The molecule has 0 aliphatic heterocycles. The largest absolute Gasteiger partial charge is 0.247 e. The van der Waals surface area contributed by atoms with E-state index >= 15 is 4.39 Å². The number of alkyl halides is 1. The zero-order chi connectivity index (χ0) is 17.4. The van der Waals surface area contributed by atoms with Gasteiger partial charge in [0.2, 0.25) is 0 Å². The highest BCUT2D eigenvalue weighted by Gasteiger charge is 2.32. The highest BCUT2D eigenvalue weighted by molar-refractivity contribution is 4.82. The van der Waals surface area contributed by atoms with E-state index in [1.54, 1.807) is 0 Å². The minimum Gasteiger partial charge on any atom is -0.247 e. The van der Waals surface area contributed by atoms with Crippen molar-refractivity contribution >= 4 is 0 Å². The van der Waals surface area contributed by atoms with Gasteiger partial charge in [0.1, 0.15) is 6.17 Å². The van der Waals surface area contributed by atoms with Crippen molar-refractivity contribution in [3.8, 4) is 0 Å². The van der Waals surface area contributed by atoms with Crippen molar-refractivity contribution in [3.63, 3.8) is 0 Å². The van der Waals surface area contributed by atoms with Crippen molar-refractivity contribution in [2.45, 2.75) is 106 Å². The van der Waals surface area contributed by atoms with Crippen LogP contribution in [0.1, 0.15) is 99.3 Å². The molecule has 0 radical (unpaired) electrons. The normalized spacial score (nSPS) is 27.7. The molecule has 1 aliphatic carbocycles. The Morgan fingerprint density at radius 3 is 2.00 bits per heavy atom. The molecule has 0 heterocycles. The van der Waals surface area contributed by atoms with Crippen molar-refractivity contribution in [1.29, 1.82) is 0 Å². The van der Waals surface area contributed by atoms with Crippen molar-refractivity contribution in [2.24, 2.45) is 35.5 Å². The van der Waals surface area contributed by atoms with E-state index in [2.05, 4.69) is 41.5 Å². The molecule has 0 amide bonds. The molecule has 0 spiro atoms. The van der Waals surface area contributed by atoms with Crippen LogP contribution in [0.15, 0.2) is 0 Å². The highest BCUT2D eigenvalue weighted by atomic mass is 19.1. The predicted octanol–water partition coefficient (Wildman–Crippen LogP) is 7.67. The fourth-order valence-electron chi connectivity index (χ4n) is 4.40. The van der Waals surface area contributed by atoms with E-state index in [4.69, 9.17) is 0 Å². The van der Waals surface area contributed by atoms with Crippen LogP contribution in [-0.4, -0.2) is 6.17 Å². The lowest BCUT2D eigenvalue weighted by Gasteiger charge is -2.36. The second kappa shape index (κ2) is 10.7. The molecule has 4 atom stereocenters. The second-order valence-electron chi connectivity index (χ2n) is 9.15. The summed E-state index contributed by atoms with van der Waals surface area (Å²) in [6.45, 7) is 13.8. The summed E-state index contributed by atoms with van der Waals surface area (Å²) in [5.74, 6) is 3.78. The molecule has 0 bridgehead atoms. The van der Waals surface area contributed by atoms with Crippen LogP contribution in [0, 0.1) is 35.5 Å². The molecule has 4 unspecified atom stereocenters. The molecule has 1 saturated carbocycles. The quantitative estimate of drug-likeness (QED) is 0.386. The molecule has 0 saturated heterocycles. The molecule has 0 nitrogen and oxygen atoms in total. The maximum absolute atomic E-state index is 15.1. The van der Waals surface area contributed by atoms with Crippen LogP contribution in [0.5, 0.6) is 0 Å². The molecule has 0 aromatic heterocycles. The maximum atomic E-state index is 15.1. The first-order chi connectivity index (χ1) is 10.8. The van der Waals surface area contributed by atoms with Crippen LogP contribution < -0.4 is 0 Å². The lowest BCUT2D eigenvalue weighted by molar-refractivity contribution is 0.0883. The summed E-state index contributed by atoms with van der Waals surface area (Å²) in [6.07, 6.45) is 10.1. The first-order valence-corrected chi connectivity index (χ1v) is 10.5. The fraction of sp³-hybridized carbons (Fsp3) is 1.00. The Kier molecular flexibility index (Phi) is 9.78. The molecule has 0 N–H and O–H groups in total. The third kappa shape index (κ3) is 7.57. The second-order valence-corrected chi connectivity index (χ2v) is 9.15. The predicted molar refractivity (Wildman–Crippen MR) is 101 cm³/mol. The molecule has 1 heteroatoms. The Hall–Kier alpha value is -0.0700. The number of hydrogen-bond acceptors (Lipinski definition) is 0. The van der Waals surface area contributed by atoms with Crippen molar-refractivity contribution < 1.29 is 4.39 Å². The van der Waals surface area contributed by atoms with Gasteiger partial charge in [0.05, 0.1) is 0 Å². The van der Waals surface area contributed by atoms with Crippen LogP contribution in [0.3, 0.4) is 0 Å². The Morgan fingerprint density at radius 1 is 0.870 bits per heavy atom. The average Bonchev–Trinajstić information content (AvgIpc) is 2.51. The average molecular weight is 327 g/mol. The topological polar surface area (TPSA) is 0 Å². The first-order valence-electron chi connectivity index (χ1n) is 10.5. The van der Waals surface area contributed by atoms with Crippen molar-refractivity contribution in [1.82, 2.24) is 0 Å². The molecule has 1 aliphatic rings. The van der Waals surface area contributed by atoms with E-state index in [1.807, 2.05) is 0 Å². The smallest absolute Gasteiger partial charge is 0.103 e. The summed E-state index contributed by atoms with van der Waals surface area (Å²) in [7, 11) is 0. The summed E-state index contributed by atoms with van der Waals surface area (Å²) < 4.78 is 15.1. The third-order valence-electron chi connectivity index (χ3n) is 6.52. The van der Waals surface area contributed by atoms with E-state index in [0.717, 1.165) is 31.1 Å². The monoisotopic (exact) mass is 326 g/mol. The van der Waals surface area contributed by atoms with Crippen LogP contribution in [0.4, 0.5) is 4.39 Å². The Morgan fingerprint density at radius 2 is 1.48 bits per heavy atom. The molecule has 1 rings (SSSR count). The number of halogens is 1. The van der Waals surface area contributed by atoms with Crippen LogP contribution in [-0.2, 0) is 0 Å². The van der Waals surface area contributed by atoms with Crippen molar-refractivity contribution in [2.75, 3.05) is 0 Å². The molecule has 0 aromatic carbocycles. The maximum Gasteiger partial charge on any atom is 0.103 e. The zero-order valence-corrected chi connectivity index (χ0v) is 16.8. The molecule has 23 heavy (non-hydrogen) atoms. The summed E-state index contributed by atoms with van der Waals surface area (Å²) in [4.78, 5) is 0. The van der Waals surface area contributed by atoms with Gasteiger partial charge in [-0.05, 0) is 61.2 Å². The first kappa shape index (κ1) is 21.0. The fourth-order valence-corrected chi connectivity index (χ4v) is 4.40. The van der Waals surface area contributed by atoms with Crippen LogP contribution in [0.2, 0.25) is 0 Å². The van der Waals surface area contributed by atoms with E-state index in [1.165, 1.54) is 38.5 Å². The minimum absolute atomic E-state index is 0.326. The van der Waals surface area contributed by atoms with E-state index in [9.17, 15) is 0 Å². The van der Waals surface area contributed by atoms with Gasteiger partial charge in [-0.1, -0.05) is 73.6 Å². The van der Waals surface area contributed by atoms with E-state index in [0.29, 0.717) is 23.7 Å². The summed E-state index contributed by atoms with van der Waals surface area (Å²) >= 11 is 0. The van der Waals surface area contributed by atoms with Crippen molar-refractivity contribution in [3.05, 3.63) is 0 Å². The third-order valence-corrected chi connectivity index (χ3v) is 6.52. The van der Waals surface area contributed by atoms with Gasteiger partial charge in [-0.3, -0.25) is 0 Å². The van der Waals surface area contributed by atoms with Gasteiger partial charge in [0.15, 0.2) is 0 Å². The number of hydrogen-bond donors (Lipinski definition) is 0. The van der Waals surface area contributed by atoms with Gasteiger partial charge < -0.3 is 0 Å². The van der Waals surface area contributed by atoms with Gasteiger partial charge in [-0.25, -0.2) is 4.39 Å². The van der Waals surface area contributed by atoms with Gasteiger partial charge in [0.25, 0.3) is 0 Å². The summed E-state index contributed by atoms with van der Waals surface area (Å²) in [5.41, 5.74) is 0. The number of rotatable bonds is 10. The zero-order valence-electron chi connectivity index (χ0n) is 16.8. The van der Waals surface area contributed by atoms with E-state index < -0.39 is 6.17 Å². The molecule has 138 valence electrons. The van der Waals surface area contributed by atoms with Crippen LogP contribution in [0.25, 0.3) is 0 Å². The van der Waals surface area contributed by atoms with Gasteiger partial charge in [0, 0.05) is 0 Å². The Labute approximate surface area is 146 Å². The lowest BCUT2D eigenvalue weighted by atomic mass is 9.71. The highest BCUT2D eigenvalue weighted by Crippen LogP contribution is 2.39. The van der Waals surface area contributed by atoms with Gasteiger partial charge in [-0.2, -0.15) is 0 Å². The molecular formula is C22H43F. The van der Waals surface area contributed by atoms with Gasteiger partial charge in [-0.15, -0.1) is 0 Å². The molecule has 1 fully saturated rings. The summed E-state index contributed by atoms with van der Waals surface area (Å²) in [5, 5.41) is 0. The SMILES string of the molecule is CCCC(C(F)CC(C)C(C)CCC(C)C)C1CCC(C)CC1. The lowest BCUT2D eigenvalue weighted by Crippen LogP contribution is -2.30. The van der Waals surface area contributed by atoms with Crippen LogP contribution >= 0.6 is 0 Å².